The predicted molar refractivity (Wildman–Crippen MR) is 173 cm³/mol. The lowest BCUT2D eigenvalue weighted by atomic mass is 9.73. The summed E-state index contributed by atoms with van der Waals surface area (Å²) in [6, 6.07) is 13.4. The minimum atomic E-state index is -0.653. The standard InChI is InChI=1S/C34H45N5O5/c1-33(2,3)44-32(43)38(6)25-16-12-15-24(19-25)35-30(41)22-39-31(42)36-27-18-11-10-17-26(27)28(37-39)20-29(40)34(4,5)21-23-13-8-7-9-14-23/h10-12,15-19,23H,7-9,13-14,20-22H2,1-6H3,(H,35,41)(H,36,42). The van der Waals surface area contributed by atoms with Crippen molar-refractivity contribution in [2.75, 3.05) is 29.1 Å². The quantitative estimate of drug-likeness (QED) is 0.314. The molecule has 0 saturated heterocycles. The highest BCUT2D eigenvalue weighted by molar-refractivity contribution is 6.17. The van der Waals surface area contributed by atoms with Gasteiger partial charge in [-0.15, -0.1) is 0 Å². The summed E-state index contributed by atoms with van der Waals surface area (Å²) in [7, 11) is 1.59. The van der Waals surface area contributed by atoms with Crippen LogP contribution in [-0.2, 0) is 14.3 Å². The molecule has 1 aliphatic carbocycles. The number of nitrogens with zero attached hydrogens (tertiary/aromatic N) is 3. The fourth-order valence-electron chi connectivity index (χ4n) is 5.69. The van der Waals surface area contributed by atoms with Gasteiger partial charge in [0, 0.05) is 29.4 Å². The van der Waals surface area contributed by atoms with Gasteiger partial charge in [-0.25, -0.2) is 14.6 Å². The summed E-state index contributed by atoms with van der Waals surface area (Å²) in [6.07, 6.45) is 6.34. The van der Waals surface area contributed by atoms with E-state index in [9.17, 15) is 19.2 Å². The number of amides is 4. The largest absolute Gasteiger partial charge is 0.443 e. The van der Waals surface area contributed by atoms with Crippen LogP contribution in [0.3, 0.4) is 0 Å². The molecule has 10 heteroatoms. The molecule has 2 aromatic rings. The summed E-state index contributed by atoms with van der Waals surface area (Å²) < 4.78 is 5.43. The Morgan fingerprint density at radius 2 is 1.73 bits per heavy atom. The summed E-state index contributed by atoms with van der Waals surface area (Å²) in [6.45, 7) is 8.97. The fraction of sp³-hybridized carbons (Fsp3) is 0.500. The van der Waals surface area contributed by atoms with Crippen LogP contribution in [0.15, 0.2) is 53.6 Å². The number of hydrogen-bond acceptors (Lipinski definition) is 6. The molecule has 1 heterocycles. The number of para-hydroxylation sites is 1. The fourth-order valence-corrected chi connectivity index (χ4v) is 5.69. The number of ether oxygens (including phenoxy) is 1. The molecule has 4 amide bonds. The van der Waals surface area contributed by atoms with Crippen LogP contribution in [0, 0.1) is 11.3 Å². The van der Waals surface area contributed by atoms with Gasteiger partial charge < -0.3 is 15.4 Å². The van der Waals surface area contributed by atoms with Gasteiger partial charge in [0.1, 0.15) is 17.9 Å². The molecule has 1 fully saturated rings. The van der Waals surface area contributed by atoms with Crippen molar-refractivity contribution in [1.29, 1.82) is 0 Å². The molecule has 10 nitrogen and oxygen atoms in total. The number of carbonyl (C=O) groups is 4. The molecular weight excluding hydrogens is 558 g/mol. The van der Waals surface area contributed by atoms with Crippen molar-refractivity contribution < 1.29 is 23.9 Å². The van der Waals surface area contributed by atoms with E-state index in [1.165, 1.54) is 24.2 Å². The van der Waals surface area contributed by atoms with Gasteiger partial charge in [0.2, 0.25) is 5.91 Å². The summed E-state index contributed by atoms with van der Waals surface area (Å²) in [5.74, 6) is 0.105. The average molecular weight is 604 g/mol. The van der Waals surface area contributed by atoms with Crippen LogP contribution in [0.4, 0.5) is 26.7 Å². The molecule has 0 bridgehead atoms. The third kappa shape index (κ3) is 8.67. The molecule has 1 aliphatic heterocycles. The number of benzene rings is 2. The Bertz CT molecular complexity index is 1420. The van der Waals surface area contributed by atoms with E-state index in [0.29, 0.717) is 34.3 Å². The molecule has 4 rings (SSSR count). The highest BCUT2D eigenvalue weighted by Crippen LogP contribution is 2.36. The molecule has 2 N–H and O–H groups in total. The second-order valence-corrected chi connectivity index (χ2v) is 13.4. The Labute approximate surface area is 260 Å². The lowest BCUT2D eigenvalue weighted by molar-refractivity contribution is -0.126. The Balaban J connectivity index is 1.49. The summed E-state index contributed by atoms with van der Waals surface area (Å²) >= 11 is 0. The Morgan fingerprint density at radius 1 is 1.02 bits per heavy atom. The van der Waals surface area contributed by atoms with E-state index in [1.807, 2.05) is 26.0 Å². The number of anilines is 3. The zero-order chi connectivity index (χ0) is 32.1. The van der Waals surface area contributed by atoms with Gasteiger partial charge in [-0.05, 0) is 57.4 Å². The number of ketones is 1. The van der Waals surface area contributed by atoms with Gasteiger partial charge in [0.25, 0.3) is 0 Å². The normalized spacial score (nSPS) is 15.8. The van der Waals surface area contributed by atoms with E-state index in [-0.39, 0.29) is 18.7 Å². The molecule has 2 aliphatic rings. The van der Waals surface area contributed by atoms with Crippen molar-refractivity contribution in [2.45, 2.75) is 85.2 Å². The van der Waals surface area contributed by atoms with Crippen molar-refractivity contribution >= 4 is 46.6 Å². The average Bonchev–Trinajstić information content (AvgIpc) is 3.08. The van der Waals surface area contributed by atoms with Crippen molar-refractivity contribution in [3.63, 3.8) is 0 Å². The van der Waals surface area contributed by atoms with Crippen molar-refractivity contribution in [3.05, 3.63) is 54.1 Å². The van der Waals surface area contributed by atoms with Crippen LogP contribution in [0.2, 0.25) is 0 Å². The van der Waals surface area contributed by atoms with Crippen molar-refractivity contribution in [2.24, 2.45) is 16.4 Å². The first-order valence-corrected chi connectivity index (χ1v) is 15.4. The van der Waals surface area contributed by atoms with E-state index in [1.54, 1.807) is 64.2 Å². The summed E-state index contributed by atoms with van der Waals surface area (Å²) in [5, 5.41) is 11.2. The summed E-state index contributed by atoms with van der Waals surface area (Å²) in [5.41, 5.74) is 1.40. The van der Waals surface area contributed by atoms with E-state index in [0.717, 1.165) is 24.3 Å². The maximum Gasteiger partial charge on any atom is 0.414 e. The van der Waals surface area contributed by atoms with Crippen molar-refractivity contribution in [1.82, 2.24) is 5.01 Å². The number of rotatable bonds is 9. The lowest BCUT2D eigenvalue weighted by Gasteiger charge is -2.31. The topological polar surface area (TPSA) is 120 Å². The number of Topliss-reactive ketones (excluding diaryl/α,β-unsaturated/α-hetero) is 1. The highest BCUT2D eigenvalue weighted by atomic mass is 16.6. The first-order valence-electron chi connectivity index (χ1n) is 15.4. The molecule has 1 saturated carbocycles. The number of hydrazone groups is 1. The molecule has 0 unspecified atom stereocenters. The van der Waals surface area contributed by atoms with E-state index < -0.39 is 29.0 Å². The molecular formula is C34H45N5O5. The number of urea groups is 1. The molecule has 0 spiro atoms. The number of nitrogens with one attached hydrogen (secondary N) is 2. The monoisotopic (exact) mass is 603 g/mol. The van der Waals surface area contributed by atoms with Crippen LogP contribution < -0.4 is 15.5 Å². The molecule has 236 valence electrons. The van der Waals surface area contributed by atoms with Gasteiger partial charge in [-0.1, -0.05) is 70.2 Å². The minimum Gasteiger partial charge on any atom is -0.443 e. The van der Waals surface area contributed by atoms with Crippen molar-refractivity contribution in [3.8, 4) is 0 Å². The zero-order valence-corrected chi connectivity index (χ0v) is 26.7. The van der Waals surface area contributed by atoms with E-state index in [4.69, 9.17) is 4.74 Å². The van der Waals surface area contributed by atoms with Crippen LogP contribution in [0.1, 0.15) is 85.1 Å². The van der Waals surface area contributed by atoms with Crippen LogP contribution >= 0.6 is 0 Å². The molecule has 0 aromatic heterocycles. The number of hydrogen-bond donors (Lipinski definition) is 2. The Kier molecular flexibility index (Phi) is 10.1. The molecule has 0 radical (unpaired) electrons. The second kappa shape index (κ2) is 13.6. The van der Waals surface area contributed by atoms with E-state index in [2.05, 4.69) is 15.7 Å². The van der Waals surface area contributed by atoms with E-state index >= 15 is 0 Å². The maximum atomic E-state index is 13.7. The summed E-state index contributed by atoms with van der Waals surface area (Å²) in [4.78, 5) is 53.9. The maximum absolute atomic E-state index is 13.7. The van der Waals surface area contributed by atoms with Gasteiger partial charge >= 0.3 is 12.1 Å². The second-order valence-electron chi connectivity index (χ2n) is 13.4. The number of carbonyl (C=O) groups excluding carboxylic acids is 4. The van der Waals surface area contributed by atoms with Gasteiger partial charge in [0.05, 0.1) is 17.8 Å². The van der Waals surface area contributed by atoms with Gasteiger partial charge in [-0.2, -0.15) is 5.10 Å². The Morgan fingerprint density at radius 3 is 2.43 bits per heavy atom. The third-order valence-electron chi connectivity index (χ3n) is 8.04. The predicted octanol–water partition coefficient (Wildman–Crippen LogP) is 7.20. The van der Waals surface area contributed by atoms with Gasteiger partial charge in [-0.3, -0.25) is 14.5 Å². The number of fused-ring (bicyclic) bond motifs is 1. The first kappa shape index (κ1) is 32.7. The third-order valence-corrected chi connectivity index (χ3v) is 8.04. The zero-order valence-electron chi connectivity index (χ0n) is 26.7. The molecule has 44 heavy (non-hydrogen) atoms. The SMILES string of the molecule is CN(C(=O)OC(C)(C)C)c1cccc(NC(=O)CN2N=C(CC(=O)C(C)(C)CC3CCCCC3)c3ccccc3NC2=O)c1. The lowest BCUT2D eigenvalue weighted by Crippen LogP contribution is -2.37. The first-order chi connectivity index (χ1) is 20.7. The highest BCUT2D eigenvalue weighted by Gasteiger charge is 2.34. The Hall–Kier alpha value is -4.21. The molecule has 2 aromatic carbocycles. The van der Waals surface area contributed by atoms with Crippen LogP contribution in [0.25, 0.3) is 0 Å². The smallest absolute Gasteiger partial charge is 0.414 e. The van der Waals surface area contributed by atoms with Crippen LogP contribution in [0.5, 0.6) is 0 Å². The van der Waals surface area contributed by atoms with Gasteiger partial charge in [0.15, 0.2) is 0 Å². The van der Waals surface area contributed by atoms with Crippen LogP contribution in [-0.4, -0.2) is 53.7 Å². The molecule has 0 atom stereocenters. The minimum absolute atomic E-state index is 0.0445.